The summed E-state index contributed by atoms with van der Waals surface area (Å²) in [7, 11) is 1.12. The van der Waals surface area contributed by atoms with E-state index in [4.69, 9.17) is 18.5 Å². The van der Waals surface area contributed by atoms with E-state index in [9.17, 15) is 19.0 Å². The minimum absolute atomic E-state index is 0.0415. The summed E-state index contributed by atoms with van der Waals surface area (Å²) in [5.74, 6) is -0.912. The number of ether oxygens (including phenoxy) is 2. The average molecular weight is 724 g/mol. The molecule has 0 aliphatic rings. The lowest BCUT2D eigenvalue weighted by atomic mass is 10.1. The van der Waals surface area contributed by atoms with Crippen LogP contribution in [-0.4, -0.2) is 70.0 Å². The van der Waals surface area contributed by atoms with Crippen LogP contribution < -0.4 is 4.89 Å². The second kappa shape index (κ2) is 32.6. The normalized spacial score (nSPS) is 14.4. The van der Waals surface area contributed by atoms with Crippen molar-refractivity contribution in [3.63, 3.8) is 0 Å². The van der Waals surface area contributed by atoms with Gasteiger partial charge in [-0.15, -0.1) is 0 Å². The fourth-order valence-electron chi connectivity index (χ4n) is 4.57. The highest BCUT2D eigenvalue weighted by molar-refractivity contribution is 7.45. The largest absolute Gasteiger partial charge is 0.756 e. The number of allylic oxidation sites excluding steroid dienone is 10. The Hall–Kier alpha value is -2.29. The Bertz CT molecular complexity index is 1040. The molecular formula is C40H70NO8P. The number of carbonyl (C=O) groups is 2. The van der Waals surface area contributed by atoms with Crippen LogP contribution in [-0.2, 0) is 32.7 Å². The maximum Gasteiger partial charge on any atom is 0.306 e. The minimum atomic E-state index is -4.63. The molecule has 50 heavy (non-hydrogen) atoms. The molecule has 0 aliphatic carbocycles. The van der Waals surface area contributed by atoms with Gasteiger partial charge in [0.05, 0.1) is 27.7 Å². The molecule has 0 spiro atoms. The molecule has 288 valence electrons. The zero-order chi connectivity index (χ0) is 37.2. The topological polar surface area (TPSA) is 111 Å². The molecule has 10 heteroatoms. The van der Waals surface area contributed by atoms with Gasteiger partial charge in [0.1, 0.15) is 19.8 Å². The lowest BCUT2D eigenvalue weighted by Crippen LogP contribution is -2.37. The molecule has 0 aliphatic heterocycles. The van der Waals surface area contributed by atoms with Crippen LogP contribution in [0.3, 0.4) is 0 Å². The fourth-order valence-corrected chi connectivity index (χ4v) is 5.30. The molecule has 0 heterocycles. The molecule has 0 saturated heterocycles. The van der Waals surface area contributed by atoms with E-state index in [1.807, 2.05) is 27.2 Å². The third kappa shape index (κ3) is 35.5. The highest BCUT2D eigenvalue weighted by atomic mass is 31.2. The molecule has 0 bridgehead atoms. The summed E-state index contributed by atoms with van der Waals surface area (Å²) in [5, 5.41) is 0. The molecule has 0 rings (SSSR count). The van der Waals surface area contributed by atoms with Crippen LogP contribution in [0.4, 0.5) is 0 Å². The predicted molar refractivity (Wildman–Crippen MR) is 203 cm³/mol. The molecule has 0 aromatic rings. The summed E-state index contributed by atoms with van der Waals surface area (Å²) in [6.07, 6.45) is 36.9. The minimum Gasteiger partial charge on any atom is -0.756 e. The van der Waals surface area contributed by atoms with Gasteiger partial charge in [-0.1, -0.05) is 126 Å². The number of rotatable bonds is 33. The van der Waals surface area contributed by atoms with Crippen molar-refractivity contribution in [2.75, 3.05) is 47.5 Å². The van der Waals surface area contributed by atoms with Crippen molar-refractivity contribution in [1.82, 2.24) is 0 Å². The molecule has 0 N–H and O–H groups in total. The molecule has 0 aromatic carbocycles. The van der Waals surface area contributed by atoms with Crippen LogP contribution in [0.5, 0.6) is 0 Å². The van der Waals surface area contributed by atoms with Crippen molar-refractivity contribution in [2.24, 2.45) is 0 Å². The van der Waals surface area contributed by atoms with E-state index in [0.29, 0.717) is 23.9 Å². The number of quaternary nitrogens is 1. The number of phosphoric acid groups is 1. The maximum absolute atomic E-state index is 12.5. The Balaban J connectivity index is 4.51. The second-order valence-corrected chi connectivity index (χ2v) is 15.0. The summed E-state index contributed by atoms with van der Waals surface area (Å²) in [6, 6.07) is 0. The lowest BCUT2D eigenvalue weighted by molar-refractivity contribution is -0.870. The Labute approximate surface area is 305 Å². The van der Waals surface area contributed by atoms with E-state index in [1.54, 1.807) is 0 Å². The van der Waals surface area contributed by atoms with E-state index in [0.717, 1.165) is 57.8 Å². The Kier molecular flexibility index (Phi) is 31.1. The fraction of sp³-hybridized carbons (Fsp3) is 0.700. The van der Waals surface area contributed by atoms with Crippen LogP contribution in [0, 0.1) is 0 Å². The molecule has 0 amide bonds. The number of phosphoric ester groups is 1. The van der Waals surface area contributed by atoms with Crippen LogP contribution >= 0.6 is 7.82 Å². The van der Waals surface area contributed by atoms with E-state index in [2.05, 4.69) is 68.5 Å². The zero-order valence-corrected chi connectivity index (χ0v) is 33.0. The molecule has 0 fully saturated rings. The van der Waals surface area contributed by atoms with Gasteiger partial charge in [0.15, 0.2) is 6.10 Å². The third-order valence-corrected chi connectivity index (χ3v) is 8.52. The SMILES string of the molecule is CC/C=C\C/C=C\C/C=C\C/C=C\C/C=C\CCCC(=O)OC[C@H](COP(=O)([O-])OCC[N+](C)(C)C)OC(=O)CCCCCCCCCCC. The third-order valence-electron chi connectivity index (χ3n) is 7.55. The van der Waals surface area contributed by atoms with E-state index in [-0.39, 0.29) is 26.1 Å². The molecule has 0 radical (unpaired) electrons. The maximum atomic E-state index is 12.5. The average Bonchev–Trinajstić information content (AvgIpc) is 3.06. The predicted octanol–water partition coefficient (Wildman–Crippen LogP) is 9.49. The first-order valence-electron chi connectivity index (χ1n) is 19.0. The van der Waals surface area contributed by atoms with Crippen LogP contribution in [0.1, 0.15) is 129 Å². The summed E-state index contributed by atoms with van der Waals surface area (Å²) in [4.78, 5) is 37.2. The van der Waals surface area contributed by atoms with Gasteiger partial charge in [0.25, 0.3) is 7.82 Å². The van der Waals surface area contributed by atoms with E-state index in [1.165, 1.54) is 32.1 Å². The number of nitrogens with zero attached hydrogens (tertiary/aromatic N) is 1. The van der Waals surface area contributed by atoms with Crippen LogP contribution in [0.2, 0.25) is 0 Å². The number of likely N-dealkylation sites (N-methyl/N-ethyl adjacent to an activating group) is 1. The standard InChI is InChI=1S/C40H70NO8P/c1-6-8-10-12-14-16-17-18-19-20-21-22-23-25-26-28-30-32-39(42)46-36-38(37-48-50(44,45)47-35-34-41(3,4)5)49-40(43)33-31-29-27-24-15-13-11-9-7-2/h8,10,14,16,18-19,21-22,25-26,38H,6-7,9,11-13,15,17,20,23-24,27-37H2,1-5H3/b10-8-,16-14-,19-18-,22-21-,26-25-/t38-/m1/s1. The van der Waals surface area contributed by atoms with Gasteiger partial charge in [0.2, 0.25) is 0 Å². The van der Waals surface area contributed by atoms with Gasteiger partial charge in [-0.25, -0.2) is 0 Å². The number of esters is 2. The van der Waals surface area contributed by atoms with Crippen LogP contribution in [0.15, 0.2) is 60.8 Å². The molecule has 0 saturated carbocycles. The number of unbranched alkanes of at least 4 members (excludes halogenated alkanes) is 9. The van der Waals surface area contributed by atoms with Gasteiger partial charge in [-0.05, 0) is 51.4 Å². The summed E-state index contributed by atoms with van der Waals surface area (Å²) >= 11 is 0. The van der Waals surface area contributed by atoms with Crippen molar-refractivity contribution >= 4 is 19.8 Å². The molecular weight excluding hydrogens is 653 g/mol. The Morgan fingerprint density at radius 3 is 1.68 bits per heavy atom. The van der Waals surface area contributed by atoms with Crippen molar-refractivity contribution in [2.45, 2.75) is 136 Å². The Morgan fingerprint density at radius 1 is 0.640 bits per heavy atom. The van der Waals surface area contributed by atoms with Crippen LogP contribution in [0.25, 0.3) is 0 Å². The summed E-state index contributed by atoms with van der Waals surface area (Å²) in [6.45, 7) is 3.99. The number of carbonyl (C=O) groups excluding carboxylic acids is 2. The first kappa shape index (κ1) is 47.7. The van der Waals surface area contributed by atoms with Crippen molar-refractivity contribution in [1.29, 1.82) is 0 Å². The van der Waals surface area contributed by atoms with E-state index < -0.39 is 32.5 Å². The van der Waals surface area contributed by atoms with Crippen molar-refractivity contribution in [3.05, 3.63) is 60.8 Å². The summed E-state index contributed by atoms with van der Waals surface area (Å²) < 4.78 is 33.6. The highest BCUT2D eigenvalue weighted by Crippen LogP contribution is 2.38. The molecule has 1 unspecified atom stereocenters. The number of hydrogen-bond donors (Lipinski definition) is 0. The van der Waals surface area contributed by atoms with Gasteiger partial charge in [-0.3, -0.25) is 14.2 Å². The lowest BCUT2D eigenvalue weighted by Gasteiger charge is -2.28. The van der Waals surface area contributed by atoms with Gasteiger partial charge < -0.3 is 27.9 Å². The Morgan fingerprint density at radius 2 is 1.14 bits per heavy atom. The quantitative estimate of drug-likeness (QED) is 0.0217. The van der Waals surface area contributed by atoms with E-state index >= 15 is 0 Å². The van der Waals surface area contributed by atoms with Crippen molar-refractivity contribution < 1.29 is 42.1 Å². The highest BCUT2D eigenvalue weighted by Gasteiger charge is 2.21. The first-order valence-corrected chi connectivity index (χ1v) is 20.5. The molecule has 2 atom stereocenters. The van der Waals surface area contributed by atoms with Crippen molar-refractivity contribution in [3.8, 4) is 0 Å². The monoisotopic (exact) mass is 723 g/mol. The first-order chi connectivity index (χ1) is 24.0. The smallest absolute Gasteiger partial charge is 0.306 e. The number of hydrogen-bond acceptors (Lipinski definition) is 8. The molecule has 0 aromatic heterocycles. The molecule has 9 nitrogen and oxygen atoms in total. The van der Waals surface area contributed by atoms with Gasteiger partial charge in [-0.2, -0.15) is 0 Å². The zero-order valence-electron chi connectivity index (χ0n) is 32.1. The van der Waals surface area contributed by atoms with Gasteiger partial charge >= 0.3 is 11.9 Å². The summed E-state index contributed by atoms with van der Waals surface area (Å²) in [5.41, 5.74) is 0. The van der Waals surface area contributed by atoms with Gasteiger partial charge in [0, 0.05) is 12.8 Å². The second-order valence-electron chi connectivity index (χ2n) is 13.6.